The molecule has 0 fully saturated rings. The predicted octanol–water partition coefficient (Wildman–Crippen LogP) is 7.91. The summed E-state index contributed by atoms with van der Waals surface area (Å²) in [6.45, 7) is 14.6. The molecule has 0 aliphatic rings. The molecule has 0 amide bonds. The van der Waals surface area contributed by atoms with E-state index in [1.54, 1.807) is 0 Å². The molecule has 0 radical (unpaired) electrons. The van der Waals surface area contributed by atoms with Gasteiger partial charge in [0.15, 0.2) is 0 Å². The summed E-state index contributed by atoms with van der Waals surface area (Å²) in [4.78, 5) is 0.880. The summed E-state index contributed by atoms with van der Waals surface area (Å²) >= 11 is 5.21. The standard InChI is InChI=1S/C12H9S.C6H15O3P.C6H15P.Pt/c13-12-9-5-4-8-11(12)10-6-2-1-3-7-10;1-4-7-10(8-5-2)9-6-3;1-4-7(5-2)6-3;/h1-6,8-9,13H;4-6H2,1-3H3;4-6H2,1-3H3;/q-1;;;+2/p-1. The van der Waals surface area contributed by atoms with Crippen molar-refractivity contribution in [3.8, 4) is 11.1 Å². The van der Waals surface area contributed by atoms with Gasteiger partial charge in [0.2, 0.25) is 0 Å². The maximum absolute atomic E-state index is 5.21. The largest absolute Gasteiger partial charge is 2.00 e. The second-order valence-corrected chi connectivity index (χ2v) is 10.8. The third kappa shape index (κ3) is 16.4. The van der Waals surface area contributed by atoms with Gasteiger partial charge < -0.3 is 26.2 Å². The third-order valence-corrected chi connectivity index (χ3v) is 8.38. The summed E-state index contributed by atoms with van der Waals surface area (Å²) in [5.74, 6) is 0. The zero-order valence-corrected chi connectivity index (χ0v) is 24.6. The van der Waals surface area contributed by atoms with E-state index >= 15 is 0 Å². The van der Waals surface area contributed by atoms with Crippen molar-refractivity contribution in [1.82, 2.24) is 0 Å². The number of hydrogen-bond donors (Lipinski definition) is 0. The van der Waals surface area contributed by atoms with Crippen LogP contribution in [0.4, 0.5) is 0 Å². The summed E-state index contributed by atoms with van der Waals surface area (Å²) < 4.78 is 15.4. The summed E-state index contributed by atoms with van der Waals surface area (Å²) in [5, 5.41) is 0. The van der Waals surface area contributed by atoms with Crippen LogP contribution in [0.2, 0.25) is 0 Å². The fourth-order valence-corrected chi connectivity index (χ4v) is 4.80. The van der Waals surface area contributed by atoms with Gasteiger partial charge in [-0.05, 0) is 39.3 Å². The van der Waals surface area contributed by atoms with Crippen molar-refractivity contribution in [2.75, 3.05) is 38.3 Å². The first-order chi connectivity index (χ1) is 14.6. The Labute approximate surface area is 213 Å². The van der Waals surface area contributed by atoms with Crippen LogP contribution >= 0.6 is 16.5 Å². The van der Waals surface area contributed by atoms with Gasteiger partial charge in [-0.3, -0.25) is 0 Å². The molecule has 0 N–H and O–H groups in total. The second-order valence-electron chi connectivity index (χ2n) is 5.87. The minimum Gasteiger partial charge on any atom is -0.789 e. The van der Waals surface area contributed by atoms with E-state index in [9.17, 15) is 0 Å². The molecule has 0 spiro atoms. The molecule has 2 aromatic rings. The van der Waals surface area contributed by atoms with Crippen molar-refractivity contribution < 1.29 is 34.6 Å². The molecule has 2 aromatic carbocycles. The van der Waals surface area contributed by atoms with Gasteiger partial charge in [0.1, 0.15) is 0 Å². The average molecular weight is 664 g/mol. The van der Waals surface area contributed by atoms with Crippen LogP contribution in [0.25, 0.3) is 11.1 Å². The zero-order chi connectivity index (χ0) is 22.6. The quantitative estimate of drug-likeness (QED) is 0.147. The van der Waals surface area contributed by atoms with E-state index in [0.717, 1.165) is 16.0 Å². The van der Waals surface area contributed by atoms with E-state index in [-0.39, 0.29) is 21.1 Å². The van der Waals surface area contributed by atoms with Crippen LogP contribution in [0, 0.1) is 6.07 Å². The van der Waals surface area contributed by atoms with Crippen molar-refractivity contribution >= 4 is 29.2 Å². The van der Waals surface area contributed by atoms with E-state index in [4.69, 9.17) is 26.2 Å². The van der Waals surface area contributed by atoms with Crippen LogP contribution in [-0.4, -0.2) is 38.3 Å². The number of benzene rings is 2. The molecular weight excluding hydrogens is 625 g/mol. The molecule has 0 aliphatic heterocycles. The fourth-order valence-electron chi connectivity index (χ4n) is 2.35. The van der Waals surface area contributed by atoms with E-state index in [1.807, 2.05) is 69.3 Å². The zero-order valence-electron chi connectivity index (χ0n) is 19.7. The van der Waals surface area contributed by atoms with Gasteiger partial charge in [0.25, 0.3) is 0 Å². The topological polar surface area (TPSA) is 27.7 Å². The van der Waals surface area contributed by atoms with Gasteiger partial charge in [0, 0.05) is 0 Å². The predicted molar refractivity (Wildman–Crippen MR) is 137 cm³/mol. The SMILES string of the molecule is CCOP(OCC)OCC.CCP(CC)CC.[Pt+2].[S-]c1ccccc1-c1[c-]cccc1. The molecule has 0 aliphatic carbocycles. The Bertz CT molecular complexity index is 611. The van der Waals surface area contributed by atoms with E-state index in [2.05, 4.69) is 26.8 Å². The first-order valence-corrected chi connectivity index (χ1v) is 14.1. The molecule has 7 heteroatoms. The molecule has 3 nitrogen and oxygen atoms in total. The van der Waals surface area contributed by atoms with Gasteiger partial charge >= 0.3 is 29.7 Å². The molecule has 0 saturated carbocycles. The smallest absolute Gasteiger partial charge is 0.789 e. The molecule has 0 unspecified atom stereocenters. The van der Waals surface area contributed by atoms with Crippen LogP contribution in [0.5, 0.6) is 0 Å². The van der Waals surface area contributed by atoms with Crippen LogP contribution < -0.4 is 0 Å². The number of hydrogen-bond acceptors (Lipinski definition) is 4. The summed E-state index contributed by atoms with van der Waals surface area (Å²) in [6.07, 6.45) is 4.26. The Balaban J connectivity index is 0. The van der Waals surface area contributed by atoms with Crippen LogP contribution in [-0.2, 0) is 47.3 Å². The molecule has 0 bridgehead atoms. The van der Waals surface area contributed by atoms with E-state index < -0.39 is 8.60 Å². The van der Waals surface area contributed by atoms with Crippen molar-refractivity contribution in [3.63, 3.8) is 0 Å². The normalized spacial score (nSPS) is 9.94. The average Bonchev–Trinajstić information content (AvgIpc) is 2.77. The van der Waals surface area contributed by atoms with Crippen molar-refractivity contribution in [1.29, 1.82) is 0 Å². The Morgan fingerprint density at radius 2 is 1.23 bits per heavy atom. The van der Waals surface area contributed by atoms with Crippen molar-refractivity contribution in [2.24, 2.45) is 0 Å². The fraction of sp³-hybridized carbons (Fsp3) is 0.500. The van der Waals surface area contributed by atoms with Crippen molar-refractivity contribution in [2.45, 2.75) is 46.4 Å². The third-order valence-electron chi connectivity index (χ3n) is 3.93. The molecular formula is C24H38O3P2PtS. The van der Waals surface area contributed by atoms with Crippen LogP contribution in [0.3, 0.4) is 0 Å². The molecule has 2 rings (SSSR count). The van der Waals surface area contributed by atoms with Gasteiger partial charge in [-0.1, -0.05) is 45.0 Å². The number of rotatable bonds is 10. The molecule has 0 atom stereocenters. The first-order valence-electron chi connectivity index (χ1n) is 10.7. The Kier molecular flexibility index (Phi) is 25.0. The van der Waals surface area contributed by atoms with Gasteiger partial charge in [0.05, 0.1) is 19.8 Å². The summed E-state index contributed by atoms with van der Waals surface area (Å²) in [6, 6.07) is 18.9. The molecule has 0 saturated heterocycles. The minimum atomic E-state index is -1.06. The van der Waals surface area contributed by atoms with E-state index in [1.165, 1.54) is 18.5 Å². The van der Waals surface area contributed by atoms with Crippen LogP contribution in [0.1, 0.15) is 41.5 Å². The van der Waals surface area contributed by atoms with Gasteiger partial charge in [-0.2, -0.15) is 0 Å². The minimum absolute atomic E-state index is 0. The molecule has 0 heterocycles. The maximum Gasteiger partial charge on any atom is 2.00 e. The molecule has 178 valence electrons. The van der Waals surface area contributed by atoms with Crippen molar-refractivity contribution in [3.05, 3.63) is 54.6 Å². The van der Waals surface area contributed by atoms with E-state index in [0.29, 0.717) is 27.7 Å². The second kappa shape index (κ2) is 23.3. The summed E-state index contributed by atoms with van der Waals surface area (Å²) in [5.41, 5.74) is 2.14. The Morgan fingerprint density at radius 3 is 1.58 bits per heavy atom. The van der Waals surface area contributed by atoms with Gasteiger partial charge in [-0.15, -0.1) is 49.4 Å². The molecule has 0 aromatic heterocycles. The molecule has 31 heavy (non-hydrogen) atoms. The Morgan fingerprint density at radius 1 is 0.742 bits per heavy atom. The van der Waals surface area contributed by atoms with Gasteiger partial charge in [-0.25, -0.2) is 4.90 Å². The Hall–Kier alpha value is 0.0883. The summed E-state index contributed by atoms with van der Waals surface area (Å²) in [7, 11) is -0.615. The first kappa shape index (κ1) is 33.3. The monoisotopic (exact) mass is 663 g/mol. The maximum atomic E-state index is 5.21. The van der Waals surface area contributed by atoms with Crippen LogP contribution in [0.15, 0.2) is 53.4 Å².